The Labute approximate surface area is 149 Å². The van der Waals surface area contributed by atoms with E-state index in [4.69, 9.17) is 9.47 Å². The van der Waals surface area contributed by atoms with Crippen LogP contribution in [0.4, 0.5) is 0 Å². The minimum Gasteiger partial charge on any atom is -0.493 e. The number of nitrogens with zero attached hydrogens (tertiary/aromatic N) is 2. The number of amides is 1. The third-order valence-electron chi connectivity index (χ3n) is 3.82. The summed E-state index contributed by atoms with van der Waals surface area (Å²) in [6.07, 6.45) is 0. The summed E-state index contributed by atoms with van der Waals surface area (Å²) in [6.45, 7) is 0. The summed E-state index contributed by atoms with van der Waals surface area (Å²) < 4.78 is 12.3. The zero-order chi connectivity index (χ0) is 17.8. The number of hydrogen-bond acceptors (Lipinski definition) is 4. The van der Waals surface area contributed by atoms with Gasteiger partial charge in [-0.15, -0.1) is 11.3 Å². The van der Waals surface area contributed by atoms with Gasteiger partial charge in [-0.3, -0.25) is 4.79 Å². The van der Waals surface area contributed by atoms with Crippen molar-refractivity contribution in [3.63, 3.8) is 0 Å². The van der Waals surface area contributed by atoms with Crippen molar-refractivity contribution in [2.45, 2.75) is 0 Å². The van der Waals surface area contributed by atoms with E-state index in [0.29, 0.717) is 21.9 Å². The van der Waals surface area contributed by atoms with Crippen LogP contribution in [0.3, 0.4) is 0 Å². The van der Waals surface area contributed by atoms with Crippen LogP contribution in [-0.2, 0) is 7.05 Å². The van der Waals surface area contributed by atoms with Gasteiger partial charge in [-0.2, -0.15) is 4.99 Å². The lowest BCUT2D eigenvalue weighted by Crippen LogP contribution is -2.14. The van der Waals surface area contributed by atoms with Gasteiger partial charge < -0.3 is 14.0 Å². The molecule has 0 fully saturated rings. The molecule has 0 aliphatic rings. The molecule has 1 amide bonds. The molecule has 128 valence electrons. The molecule has 0 radical (unpaired) electrons. The monoisotopic (exact) mass is 354 g/mol. The Morgan fingerprint density at radius 2 is 1.76 bits per heavy atom. The van der Waals surface area contributed by atoms with Gasteiger partial charge in [-0.1, -0.05) is 30.3 Å². The van der Waals surface area contributed by atoms with Gasteiger partial charge in [0.25, 0.3) is 5.91 Å². The first-order valence-electron chi connectivity index (χ1n) is 7.65. The van der Waals surface area contributed by atoms with E-state index in [-0.39, 0.29) is 5.91 Å². The highest BCUT2D eigenvalue weighted by molar-refractivity contribution is 7.07. The Bertz CT molecular complexity index is 958. The number of rotatable bonds is 4. The standard InChI is InChI=1S/C19H18N2O3S/c1-21-15(13-7-5-4-6-8-13)12-25-19(21)20-18(22)14-9-10-16(23-2)17(11-14)24-3/h4-12H,1-3H3/b20-19+. The number of benzene rings is 2. The van der Waals surface area contributed by atoms with Crippen LogP contribution >= 0.6 is 11.3 Å². The smallest absolute Gasteiger partial charge is 0.279 e. The van der Waals surface area contributed by atoms with Crippen LogP contribution in [0.5, 0.6) is 11.5 Å². The summed E-state index contributed by atoms with van der Waals surface area (Å²) in [5.74, 6) is 0.759. The van der Waals surface area contributed by atoms with Crippen molar-refractivity contribution in [1.29, 1.82) is 0 Å². The largest absolute Gasteiger partial charge is 0.493 e. The van der Waals surface area contributed by atoms with E-state index in [2.05, 4.69) is 4.99 Å². The molecule has 2 aromatic carbocycles. The van der Waals surface area contributed by atoms with Gasteiger partial charge in [0, 0.05) is 18.0 Å². The molecule has 0 aliphatic carbocycles. The predicted octanol–water partition coefficient (Wildman–Crippen LogP) is 3.51. The fourth-order valence-corrected chi connectivity index (χ4v) is 3.37. The molecule has 0 atom stereocenters. The van der Waals surface area contributed by atoms with Crippen LogP contribution < -0.4 is 14.3 Å². The maximum Gasteiger partial charge on any atom is 0.279 e. The van der Waals surface area contributed by atoms with E-state index < -0.39 is 0 Å². The minimum atomic E-state index is -0.321. The van der Waals surface area contributed by atoms with Gasteiger partial charge in [-0.05, 0) is 23.8 Å². The van der Waals surface area contributed by atoms with Gasteiger partial charge in [0.2, 0.25) is 0 Å². The number of thiazole rings is 1. The normalized spacial score (nSPS) is 11.4. The van der Waals surface area contributed by atoms with Crippen LogP contribution in [0, 0.1) is 0 Å². The lowest BCUT2D eigenvalue weighted by Gasteiger charge is -2.07. The molecule has 5 nitrogen and oxygen atoms in total. The zero-order valence-electron chi connectivity index (χ0n) is 14.2. The number of methoxy groups -OCH3 is 2. The van der Waals surface area contributed by atoms with Crippen LogP contribution in [0.1, 0.15) is 10.4 Å². The summed E-state index contributed by atoms with van der Waals surface area (Å²) >= 11 is 1.43. The van der Waals surface area contributed by atoms with Gasteiger partial charge >= 0.3 is 0 Å². The van der Waals surface area contributed by atoms with Gasteiger partial charge in [0.05, 0.1) is 19.9 Å². The molecule has 0 N–H and O–H groups in total. The fraction of sp³-hybridized carbons (Fsp3) is 0.158. The lowest BCUT2D eigenvalue weighted by molar-refractivity contribution is 0.0997. The van der Waals surface area contributed by atoms with Gasteiger partial charge in [-0.25, -0.2) is 0 Å². The molecule has 0 saturated heterocycles. The molecule has 3 aromatic rings. The maximum absolute atomic E-state index is 12.5. The number of aromatic nitrogens is 1. The number of carbonyl (C=O) groups excluding carboxylic acids is 1. The van der Waals surface area contributed by atoms with Crippen LogP contribution in [0.25, 0.3) is 11.3 Å². The second-order valence-electron chi connectivity index (χ2n) is 5.32. The van der Waals surface area contributed by atoms with Gasteiger partial charge in [0.15, 0.2) is 16.3 Å². The zero-order valence-corrected chi connectivity index (χ0v) is 15.0. The molecular weight excluding hydrogens is 336 g/mol. The summed E-state index contributed by atoms with van der Waals surface area (Å²) in [7, 11) is 4.99. The van der Waals surface area contributed by atoms with E-state index in [1.807, 2.05) is 47.3 Å². The van der Waals surface area contributed by atoms with E-state index in [1.165, 1.54) is 18.4 Å². The first-order valence-corrected chi connectivity index (χ1v) is 8.53. The maximum atomic E-state index is 12.5. The van der Waals surface area contributed by atoms with E-state index in [1.54, 1.807) is 25.3 Å². The molecule has 3 rings (SSSR count). The molecule has 0 saturated carbocycles. The van der Waals surface area contributed by atoms with E-state index >= 15 is 0 Å². The Morgan fingerprint density at radius 3 is 2.44 bits per heavy atom. The van der Waals surface area contributed by atoms with Crippen molar-refractivity contribution in [2.24, 2.45) is 12.0 Å². The summed E-state index contributed by atoms with van der Waals surface area (Å²) in [5, 5.41) is 2.00. The molecule has 0 aliphatic heterocycles. The molecule has 0 bridgehead atoms. The highest BCUT2D eigenvalue weighted by Gasteiger charge is 2.11. The van der Waals surface area contributed by atoms with Crippen molar-refractivity contribution < 1.29 is 14.3 Å². The summed E-state index contributed by atoms with van der Waals surface area (Å²) in [5.41, 5.74) is 2.55. The van der Waals surface area contributed by atoms with Crippen molar-refractivity contribution in [2.75, 3.05) is 14.2 Å². The predicted molar refractivity (Wildman–Crippen MR) is 98.2 cm³/mol. The van der Waals surface area contributed by atoms with Crippen molar-refractivity contribution in [1.82, 2.24) is 4.57 Å². The van der Waals surface area contributed by atoms with Gasteiger partial charge in [0.1, 0.15) is 0 Å². The second-order valence-corrected chi connectivity index (χ2v) is 6.15. The van der Waals surface area contributed by atoms with Crippen LogP contribution in [0.15, 0.2) is 58.9 Å². The average Bonchev–Trinajstić information content (AvgIpc) is 3.02. The van der Waals surface area contributed by atoms with Crippen LogP contribution in [0.2, 0.25) is 0 Å². The first kappa shape index (κ1) is 17.0. The number of hydrogen-bond donors (Lipinski definition) is 0. The molecule has 6 heteroatoms. The average molecular weight is 354 g/mol. The van der Waals surface area contributed by atoms with Crippen molar-refractivity contribution >= 4 is 17.2 Å². The number of carbonyl (C=O) groups is 1. The Hall–Kier alpha value is -2.86. The molecule has 1 heterocycles. The topological polar surface area (TPSA) is 52.8 Å². The Morgan fingerprint density at radius 1 is 1.04 bits per heavy atom. The second kappa shape index (κ2) is 7.36. The first-order chi connectivity index (χ1) is 12.1. The minimum absolute atomic E-state index is 0.321. The van der Waals surface area contributed by atoms with E-state index in [9.17, 15) is 4.79 Å². The van der Waals surface area contributed by atoms with Crippen LogP contribution in [-0.4, -0.2) is 24.7 Å². The highest BCUT2D eigenvalue weighted by Crippen LogP contribution is 2.27. The third kappa shape index (κ3) is 3.49. The van der Waals surface area contributed by atoms with Crippen molar-refractivity contribution in [3.05, 3.63) is 64.3 Å². The number of ether oxygens (including phenoxy) is 2. The van der Waals surface area contributed by atoms with Crippen molar-refractivity contribution in [3.8, 4) is 22.8 Å². The molecular formula is C19H18N2O3S. The molecule has 0 unspecified atom stereocenters. The quantitative estimate of drug-likeness (QED) is 0.720. The Kier molecular flexibility index (Phi) is 5.00. The summed E-state index contributed by atoms with van der Waals surface area (Å²) in [4.78, 5) is 17.4. The molecule has 0 spiro atoms. The highest BCUT2D eigenvalue weighted by atomic mass is 32.1. The third-order valence-corrected chi connectivity index (χ3v) is 4.74. The SMILES string of the molecule is COc1ccc(C(=O)/N=c2/scc(-c3ccccc3)n2C)cc1OC. The fourth-order valence-electron chi connectivity index (χ4n) is 2.46. The summed E-state index contributed by atoms with van der Waals surface area (Å²) in [6, 6.07) is 15.0. The Balaban J connectivity index is 1.96. The molecule has 1 aromatic heterocycles. The lowest BCUT2D eigenvalue weighted by atomic mass is 10.2. The van der Waals surface area contributed by atoms with E-state index in [0.717, 1.165) is 11.3 Å². The molecule has 25 heavy (non-hydrogen) atoms.